The molecule has 0 spiro atoms. The second kappa shape index (κ2) is 11.6. The molecular formula is C27H27N5O4S. The number of benzene rings is 3. The number of anilines is 3. The van der Waals surface area contributed by atoms with Crippen LogP contribution < -0.4 is 20.9 Å². The monoisotopic (exact) mass is 517 g/mol. The number of nitro groups is 1. The highest BCUT2D eigenvalue weighted by atomic mass is 32.1. The molecule has 1 saturated heterocycles. The van der Waals surface area contributed by atoms with Gasteiger partial charge in [-0.1, -0.05) is 18.2 Å². The molecular weight excluding hydrogens is 490 g/mol. The van der Waals surface area contributed by atoms with Crippen LogP contribution in [0, 0.1) is 17.0 Å². The van der Waals surface area contributed by atoms with Crippen molar-refractivity contribution < 1.29 is 14.5 Å². The molecule has 0 radical (unpaired) electrons. The number of aryl methyl sites for hydroxylation is 1. The summed E-state index contributed by atoms with van der Waals surface area (Å²) < 4.78 is 0. The number of hydrogen-bond donors (Lipinski definition) is 3. The molecule has 3 aromatic rings. The van der Waals surface area contributed by atoms with E-state index in [4.69, 9.17) is 12.2 Å². The quantitative estimate of drug-likeness (QED) is 0.232. The van der Waals surface area contributed by atoms with Crippen LogP contribution >= 0.6 is 12.2 Å². The van der Waals surface area contributed by atoms with E-state index in [1.165, 1.54) is 6.07 Å². The van der Waals surface area contributed by atoms with Crippen LogP contribution in [0.2, 0.25) is 0 Å². The normalized spacial score (nSPS) is 12.9. The highest BCUT2D eigenvalue weighted by molar-refractivity contribution is 7.80. The van der Waals surface area contributed by atoms with Gasteiger partial charge in [0.1, 0.15) is 5.69 Å². The lowest BCUT2D eigenvalue weighted by molar-refractivity contribution is -0.384. The van der Waals surface area contributed by atoms with E-state index >= 15 is 0 Å². The zero-order chi connectivity index (χ0) is 26.4. The van der Waals surface area contributed by atoms with Crippen LogP contribution in [0.3, 0.4) is 0 Å². The summed E-state index contributed by atoms with van der Waals surface area (Å²) in [5.74, 6) is -0.762. The van der Waals surface area contributed by atoms with E-state index in [1.807, 2.05) is 17.9 Å². The molecule has 3 aromatic carbocycles. The molecule has 2 amide bonds. The average molecular weight is 518 g/mol. The van der Waals surface area contributed by atoms with E-state index in [1.54, 1.807) is 54.6 Å². The van der Waals surface area contributed by atoms with E-state index in [9.17, 15) is 19.7 Å². The van der Waals surface area contributed by atoms with Gasteiger partial charge in [0.15, 0.2) is 5.11 Å². The molecule has 0 bridgehead atoms. The van der Waals surface area contributed by atoms with Gasteiger partial charge in [0.2, 0.25) is 0 Å². The molecule has 1 aliphatic rings. The van der Waals surface area contributed by atoms with Gasteiger partial charge in [-0.3, -0.25) is 25.0 Å². The molecule has 1 heterocycles. The Hall–Kier alpha value is -4.31. The summed E-state index contributed by atoms with van der Waals surface area (Å²) in [6.07, 6.45) is 3.08. The summed E-state index contributed by atoms with van der Waals surface area (Å²) in [6.45, 7) is 3.36. The average Bonchev–Trinajstić information content (AvgIpc) is 2.90. The summed E-state index contributed by atoms with van der Waals surface area (Å²) >= 11 is 5.28. The minimum atomic E-state index is -0.547. The maximum Gasteiger partial charge on any atom is 0.293 e. The van der Waals surface area contributed by atoms with E-state index in [0.29, 0.717) is 22.6 Å². The number of rotatable bonds is 6. The Morgan fingerprint density at radius 3 is 2.30 bits per heavy atom. The van der Waals surface area contributed by atoms with Crippen molar-refractivity contribution >= 4 is 51.9 Å². The molecule has 4 rings (SSSR count). The van der Waals surface area contributed by atoms with Gasteiger partial charge in [0.25, 0.3) is 17.5 Å². The van der Waals surface area contributed by atoms with Crippen LogP contribution in [-0.4, -0.2) is 34.9 Å². The largest absolute Gasteiger partial charge is 0.366 e. The van der Waals surface area contributed by atoms with Crippen molar-refractivity contribution in [3.8, 4) is 0 Å². The molecule has 37 heavy (non-hydrogen) atoms. The minimum absolute atomic E-state index is 0.0493. The van der Waals surface area contributed by atoms with Gasteiger partial charge < -0.3 is 15.5 Å². The lowest BCUT2D eigenvalue weighted by Crippen LogP contribution is -2.34. The number of nitro benzene ring substituents is 1. The van der Waals surface area contributed by atoms with Crippen LogP contribution in [0.25, 0.3) is 0 Å². The van der Waals surface area contributed by atoms with Gasteiger partial charge in [-0.05, 0) is 86.4 Å². The summed E-state index contributed by atoms with van der Waals surface area (Å²) in [5.41, 5.74) is 3.19. The third-order valence-corrected chi connectivity index (χ3v) is 6.33. The van der Waals surface area contributed by atoms with E-state index in [-0.39, 0.29) is 22.3 Å². The minimum Gasteiger partial charge on any atom is -0.366 e. The molecule has 1 fully saturated rings. The van der Waals surface area contributed by atoms with Crippen molar-refractivity contribution in [3.63, 3.8) is 0 Å². The van der Waals surface area contributed by atoms with E-state index in [0.717, 1.165) is 37.9 Å². The number of amides is 2. The van der Waals surface area contributed by atoms with Gasteiger partial charge in [-0.15, -0.1) is 0 Å². The third kappa shape index (κ3) is 6.47. The smallest absolute Gasteiger partial charge is 0.293 e. The molecule has 1 aliphatic heterocycles. The molecule has 3 N–H and O–H groups in total. The van der Waals surface area contributed by atoms with Crippen LogP contribution in [0.1, 0.15) is 45.5 Å². The van der Waals surface area contributed by atoms with E-state index < -0.39 is 10.8 Å². The fourth-order valence-electron chi connectivity index (χ4n) is 4.22. The Bertz CT molecular complexity index is 1340. The van der Waals surface area contributed by atoms with Gasteiger partial charge in [0, 0.05) is 41.7 Å². The SMILES string of the molecule is Cc1cc(NC(=S)NC(=O)c2ccc(N3CCCCC3)c([N+](=O)[O-])c2)ccc1NC(=O)c1ccccc1. The molecule has 10 heteroatoms. The van der Waals surface area contributed by atoms with Gasteiger partial charge >= 0.3 is 0 Å². The summed E-state index contributed by atoms with van der Waals surface area (Å²) in [6, 6.07) is 18.6. The first-order valence-corrected chi connectivity index (χ1v) is 12.4. The number of nitrogens with zero attached hydrogens (tertiary/aromatic N) is 2. The Kier molecular flexibility index (Phi) is 8.09. The first kappa shape index (κ1) is 25.8. The fraction of sp³-hybridized carbons (Fsp3) is 0.222. The summed E-state index contributed by atoms with van der Waals surface area (Å²) in [4.78, 5) is 38.4. The zero-order valence-corrected chi connectivity index (χ0v) is 21.1. The fourth-order valence-corrected chi connectivity index (χ4v) is 4.43. The maximum atomic E-state index is 12.8. The number of piperidine rings is 1. The Morgan fingerprint density at radius 2 is 1.62 bits per heavy atom. The first-order valence-electron chi connectivity index (χ1n) is 11.9. The molecule has 190 valence electrons. The van der Waals surface area contributed by atoms with Crippen LogP contribution in [0.4, 0.5) is 22.7 Å². The van der Waals surface area contributed by atoms with Gasteiger partial charge in [-0.25, -0.2) is 0 Å². The van der Waals surface area contributed by atoms with Crippen molar-refractivity contribution in [1.82, 2.24) is 5.32 Å². The molecule has 0 unspecified atom stereocenters. The maximum absolute atomic E-state index is 12.8. The number of carbonyl (C=O) groups excluding carboxylic acids is 2. The van der Waals surface area contributed by atoms with Crippen molar-refractivity contribution in [2.24, 2.45) is 0 Å². The molecule has 0 saturated carbocycles. The number of hydrogen-bond acceptors (Lipinski definition) is 6. The second-order valence-corrected chi connectivity index (χ2v) is 9.17. The van der Waals surface area contributed by atoms with E-state index in [2.05, 4.69) is 16.0 Å². The molecule has 0 aliphatic carbocycles. The highest BCUT2D eigenvalue weighted by Crippen LogP contribution is 2.31. The first-order chi connectivity index (χ1) is 17.8. The van der Waals surface area contributed by atoms with Crippen LogP contribution in [0.5, 0.6) is 0 Å². The summed E-state index contributed by atoms with van der Waals surface area (Å²) in [7, 11) is 0. The molecule has 0 atom stereocenters. The van der Waals surface area contributed by atoms with Crippen molar-refractivity contribution in [1.29, 1.82) is 0 Å². The van der Waals surface area contributed by atoms with Crippen molar-refractivity contribution in [2.75, 3.05) is 28.6 Å². The third-order valence-electron chi connectivity index (χ3n) is 6.13. The number of nitrogens with one attached hydrogen (secondary N) is 3. The Balaban J connectivity index is 1.39. The lowest BCUT2D eigenvalue weighted by Gasteiger charge is -2.28. The van der Waals surface area contributed by atoms with Crippen molar-refractivity contribution in [2.45, 2.75) is 26.2 Å². The van der Waals surface area contributed by atoms with Gasteiger partial charge in [0.05, 0.1) is 4.92 Å². The van der Waals surface area contributed by atoms with Crippen LogP contribution in [-0.2, 0) is 0 Å². The Labute approximate surface area is 220 Å². The standard InChI is InChI=1S/C27H27N5O4S/c1-18-16-21(11-12-22(18)29-25(33)19-8-4-2-5-9-19)28-27(37)30-26(34)20-10-13-23(24(17-20)32(35)36)31-14-6-3-7-15-31/h2,4-5,8-13,16-17H,3,6-7,14-15H2,1H3,(H,29,33)(H2,28,30,34,37). The number of carbonyl (C=O) groups is 2. The van der Waals surface area contributed by atoms with Gasteiger partial charge in [-0.2, -0.15) is 0 Å². The topological polar surface area (TPSA) is 117 Å². The predicted octanol–water partition coefficient (Wildman–Crippen LogP) is 5.27. The highest BCUT2D eigenvalue weighted by Gasteiger charge is 2.23. The zero-order valence-electron chi connectivity index (χ0n) is 20.3. The lowest BCUT2D eigenvalue weighted by atomic mass is 10.1. The predicted molar refractivity (Wildman–Crippen MR) is 148 cm³/mol. The molecule has 0 aromatic heterocycles. The number of thiocarbonyl (C=S) groups is 1. The summed E-state index contributed by atoms with van der Waals surface area (Å²) in [5, 5.41) is 20.1. The second-order valence-electron chi connectivity index (χ2n) is 8.77. The Morgan fingerprint density at radius 1 is 0.892 bits per heavy atom. The molecule has 9 nitrogen and oxygen atoms in total. The van der Waals surface area contributed by atoms with Crippen LogP contribution in [0.15, 0.2) is 66.7 Å². The van der Waals surface area contributed by atoms with Crippen molar-refractivity contribution in [3.05, 3.63) is 93.5 Å².